The molecule has 5 aromatic rings. The highest BCUT2D eigenvalue weighted by Gasteiger charge is 2.20. The van der Waals surface area contributed by atoms with Crippen molar-refractivity contribution in [3.63, 3.8) is 0 Å². The van der Waals surface area contributed by atoms with Crippen LogP contribution < -0.4 is 10.6 Å². The summed E-state index contributed by atoms with van der Waals surface area (Å²) in [4.78, 5) is 45.3. The van der Waals surface area contributed by atoms with E-state index in [1.807, 2.05) is 65.7 Å². The number of thioether (sulfide) groups is 1. The van der Waals surface area contributed by atoms with Crippen LogP contribution >= 0.6 is 11.8 Å². The lowest BCUT2D eigenvalue weighted by molar-refractivity contribution is -0.129. The molecule has 7 nitrogen and oxygen atoms in total. The fraction of sp³-hybridized carbons (Fsp3) is 0.114. The number of carbonyl (C=O) groups excluding carboxylic acids is 3. The van der Waals surface area contributed by atoms with E-state index in [0.717, 1.165) is 34.3 Å². The first-order valence-electron chi connectivity index (χ1n) is 14.1. The van der Waals surface area contributed by atoms with E-state index in [9.17, 15) is 14.4 Å². The summed E-state index contributed by atoms with van der Waals surface area (Å²) in [6, 6.07) is 32.2. The maximum absolute atomic E-state index is 13.4. The van der Waals surface area contributed by atoms with E-state index in [-0.39, 0.29) is 17.5 Å². The van der Waals surface area contributed by atoms with Gasteiger partial charge in [0.2, 0.25) is 5.91 Å². The number of nitrogens with zero attached hydrogens (tertiary/aromatic N) is 1. The first kappa shape index (κ1) is 28.1. The average molecular weight is 587 g/mol. The van der Waals surface area contributed by atoms with Gasteiger partial charge in [0, 0.05) is 51.9 Å². The highest BCUT2D eigenvalue weighted by molar-refractivity contribution is 8.00. The molecule has 0 atom stereocenters. The number of carbonyl (C=O) groups is 3. The number of anilines is 1. The van der Waals surface area contributed by atoms with Gasteiger partial charge in [-0.3, -0.25) is 14.4 Å². The largest absolute Gasteiger partial charge is 0.361 e. The number of aromatic amines is 1. The Labute approximate surface area is 254 Å². The lowest BCUT2D eigenvalue weighted by atomic mass is 10.00. The van der Waals surface area contributed by atoms with Gasteiger partial charge in [0.1, 0.15) is 5.70 Å². The number of hydrogen-bond acceptors (Lipinski definition) is 4. The number of H-pyrrole nitrogens is 1. The van der Waals surface area contributed by atoms with Crippen LogP contribution in [0.4, 0.5) is 5.69 Å². The summed E-state index contributed by atoms with van der Waals surface area (Å²) in [5.74, 6) is -0.374. The molecule has 43 heavy (non-hydrogen) atoms. The van der Waals surface area contributed by atoms with E-state index in [1.165, 1.54) is 22.9 Å². The van der Waals surface area contributed by atoms with Crippen LogP contribution in [0, 0.1) is 0 Å². The smallest absolute Gasteiger partial charge is 0.272 e. The molecule has 0 aliphatic carbocycles. The van der Waals surface area contributed by atoms with Gasteiger partial charge < -0.3 is 20.5 Å². The summed E-state index contributed by atoms with van der Waals surface area (Å²) >= 11 is 1.47. The Hall–Kier alpha value is -5.08. The van der Waals surface area contributed by atoms with E-state index >= 15 is 0 Å². The summed E-state index contributed by atoms with van der Waals surface area (Å²) in [7, 11) is 0. The lowest BCUT2D eigenvalue weighted by Gasteiger charge is -2.28. The minimum absolute atomic E-state index is 0.109. The van der Waals surface area contributed by atoms with Gasteiger partial charge >= 0.3 is 0 Å². The molecule has 6 rings (SSSR count). The van der Waals surface area contributed by atoms with Crippen molar-refractivity contribution in [2.75, 3.05) is 17.6 Å². The molecule has 0 spiro atoms. The number of rotatable bonds is 8. The number of aromatic nitrogens is 1. The van der Waals surface area contributed by atoms with Gasteiger partial charge in [-0.15, -0.1) is 11.8 Å². The van der Waals surface area contributed by atoms with Crippen LogP contribution in [0.1, 0.15) is 27.0 Å². The summed E-state index contributed by atoms with van der Waals surface area (Å²) in [6.07, 6.45) is 4.36. The quantitative estimate of drug-likeness (QED) is 0.148. The predicted molar refractivity (Wildman–Crippen MR) is 172 cm³/mol. The maximum Gasteiger partial charge on any atom is 0.272 e. The lowest BCUT2D eigenvalue weighted by Crippen LogP contribution is -2.37. The van der Waals surface area contributed by atoms with Gasteiger partial charge in [0.15, 0.2) is 0 Å². The molecule has 0 unspecified atom stereocenters. The maximum atomic E-state index is 13.4. The number of nitrogens with one attached hydrogen (secondary N) is 3. The van der Waals surface area contributed by atoms with Crippen LogP contribution in [0.15, 0.2) is 120 Å². The zero-order valence-electron chi connectivity index (χ0n) is 23.4. The van der Waals surface area contributed by atoms with Crippen molar-refractivity contribution in [1.29, 1.82) is 0 Å². The SMILES string of the molecule is O=C(Nc1ccc(SCC(=O)N2CCc3ccccc3C2)cc1)/C(=C/c1c[nH]c2ccccc12)NC(=O)c1ccccc1. The Morgan fingerprint density at radius 2 is 1.56 bits per heavy atom. The second-order valence-electron chi connectivity index (χ2n) is 10.3. The molecule has 0 fully saturated rings. The second-order valence-corrected chi connectivity index (χ2v) is 11.3. The van der Waals surface area contributed by atoms with Gasteiger partial charge in [0.25, 0.3) is 11.8 Å². The molecular formula is C35H30N4O3S. The molecule has 3 N–H and O–H groups in total. The van der Waals surface area contributed by atoms with Gasteiger partial charge in [0.05, 0.1) is 5.75 Å². The Balaban J connectivity index is 1.12. The molecule has 1 aliphatic heterocycles. The van der Waals surface area contributed by atoms with Crippen molar-refractivity contribution >= 4 is 52.1 Å². The van der Waals surface area contributed by atoms with Crippen molar-refractivity contribution in [3.05, 3.63) is 137 Å². The van der Waals surface area contributed by atoms with Crippen molar-refractivity contribution in [2.45, 2.75) is 17.9 Å². The summed E-state index contributed by atoms with van der Waals surface area (Å²) in [5, 5.41) is 6.62. The molecule has 3 amide bonds. The highest BCUT2D eigenvalue weighted by atomic mass is 32.2. The first-order valence-corrected chi connectivity index (χ1v) is 15.0. The molecule has 0 saturated heterocycles. The minimum Gasteiger partial charge on any atom is -0.361 e. The van der Waals surface area contributed by atoms with Gasteiger partial charge in [-0.1, -0.05) is 60.7 Å². The Morgan fingerprint density at radius 3 is 2.37 bits per heavy atom. The van der Waals surface area contributed by atoms with Crippen LogP contribution in [0.25, 0.3) is 17.0 Å². The highest BCUT2D eigenvalue weighted by Crippen LogP contribution is 2.24. The third kappa shape index (κ3) is 6.71. The van der Waals surface area contributed by atoms with Gasteiger partial charge in [-0.25, -0.2) is 0 Å². The standard InChI is InChI=1S/C35H30N4O3S/c40-33(39-19-18-24-8-4-5-11-26(24)22-39)23-43-29-16-14-28(15-17-29)37-35(42)32(38-34(41)25-9-2-1-3-10-25)20-27-21-36-31-13-7-6-12-30(27)31/h1-17,20-21,36H,18-19,22-23H2,(H,37,42)(H,38,41)/b32-20-. The molecule has 4 aromatic carbocycles. The van der Waals surface area contributed by atoms with Crippen LogP contribution in [-0.4, -0.2) is 39.9 Å². The Morgan fingerprint density at radius 1 is 0.837 bits per heavy atom. The molecule has 0 bridgehead atoms. The van der Waals surface area contributed by atoms with Crippen molar-refractivity contribution in [2.24, 2.45) is 0 Å². The number of hydrogen-bond donors (Lipinski definition) is 3. The monoisotopic (exact) mass is 586 g/mol. The van der Waals surface area contributed by atoms with Crippen molar-refractivity contribution in [1.82, 2.24) is 15.2 Å². The van der Waals surface area contributed by atoms with E-state index in [0.29, 0.717) is 23.5 Å². The number of benzene rings is 4. The zero-order chi connectivity index (χ0) is 29.6. The molecule has 0 saturated carbocycles. The van der Waals surface area contributed by atoms with E-state index in [2.05, 4.69) is 27.8 Å². The molecule has 8 heteroatoms. The number of para-hydroxylation sites is 1. The molecule has 214 valence electrons. The second kappa shape index (κ2) is 12.8. The normalized spacial score (nSPS) is 12.9. The van der Waals surface area contributed by atoms with E-state index in [4.69, 9.17) is 0 Å². The van der Waals surface area contributed by atoms with Gasteiger partial charge in [-0.2, -0.15) is 0 Å². The van der Waals surface area contributed by atoms with Crippen LogP contribution in [0.3, 0.4) is 0 Å². The third-order valence-corrected chi connectivity index (χ3v) is 8.40. The molecule has 0 radical (unpaired) electrons. The predicted octanol–water partition coefficient (Wildman–Crippen LogP) is 6.25. The average Bonchev–Trinajstić information content (AvgIpc) is 3.46. The topological polar surface area (TPSA) is 94.3 Å². The van der Waals surface area contributed by atoms with Gasteiger partial charge in [-0.05, 0) is 66.1 Å². The van der Waals surface area contributed by atoms with Crippen LogP contribution in [-0.2, 0) is 22.6 Å². The fourth-order valence-corrected chi connectivity index (χ4v) is 5.89. The summed E-state index contributed by atoms with van der Waals surface area (Å²) in [5.41, 5.74) is 5.38. The van der Waals surface area contributed by atoms with E-state index in [1.54, 1.807) is 42.5 Å². The number of amides is 3. The zero-order valence-corrected chi connectivity index (χ0v) is 24.2. The van der Waals surface area contributed by atoms with Crippen molar-refractivity contribution in [3.8, 4) is 0 Å². The third-order valence-electron chi connectivity index (χ3n) is 7.41. The summed E-state index contributed by atoms with van der Waals surface area (Å²) in [6.45, 7) is 1.38. The minimum atomic E-state index is -0.449. The Bertz CT molecular complexity index is 1810. The van der Waals surface area contributed by atoms with Crippen molar-refractivity contribution < 1.29 is 14.4 Å². The van der Waals surface area contributed by atoms with Crippen LogP contribution in [0.5, 0.6) is 0 Å². The molecule has 2 heterocycles. The first-order chi connectivity index (χ1) is 21.0. The fourth-order valence-electron chi connectivity index (χ4n) is 5.09. The van der Waals surface area contributed by atoms with Crippen LogP contribution in [0.2, 0.25) is 0 Å². The molecule has 1 aliphatic rings. The Kier molecular flexibility index (Phi) is 8.38. The summed E-state index contributed by atoms with van der Waals surface area (Å²) < 4.78 is 0. The number of fused-ring (bicyclic) bond motifs is 2. The molecular weight excluding hydrogens is 556 g/mol. The molecule has 1 aromatic heterocycles. The van der Waals surface area contributed by atoms with E-state index < -0.39 is 5.91 Å².